The van der Waals surface area contributed by atoms with Crippen LogP contribution < -0.4 is 0 Å². The molecule has 0 amide bonds. The Labute approximate surface area is 65.0 Å². The summed E-state index contributed by atoms with van der Waals surface area (Å²) in [6.45, 7) is 0. The Morgan fingerprint density at radius 3 is 1.45 bits per heavy atom. The summed E-state index contributed by atoms with van der Waals surface area (Å²) in [6.07, 6.45) is 0. The smallest absolute Gasteiger partial charge is 0.254 e. The first-order valence-corrected chi connectivity index (χ1v) is 4.02. The minimum atomic E-state index is -3.12. The van der Waals surface area contributed by atoms with E-state index in [-0.39, 0.29) is 0 Å². The van der Waals surface area contributed by atoms with Gasteiger partial charge in [0.15, 0.2) is 0 Å². The third kappa shape index (κ3) is 2.57. The van der Waals surface area contributed by atoms with Crippen molar-refractivity contribution in [2.24, 2.45) is 0 Å². The number of H-pyrrole nitrogens is 1. The molecule has 5 heteroatoms. The second-order valence-corrected chi connectivity index (χ2v) is 2.42. The van der Waals surface area contributed by atoms with Crippen LogP contribution >= 0.6 is 0 Å². The van der Waals surface area contributed by atoms with E-state index in [1.54, 1.807) is 0 Å². The van der Waals surface area contributed by atoms with Gasteiger partial charge in [-0.05, 0) is 24.3 Å². The van der Waals surface area contributed by atoms with E-state index in [1.807, 2.05) is 0 Å². The molecular formula is C6H7NO3S. The van der Waals surface area contributed by atoms with Crippen LogP contribution in [0.5, 0.6) is 0 Å². The highest BCUT2D eigenvalue weighted by molar-refractivity contribution is 7.66. The third-order valence-corrected chi connectivity index (χ3v) is 1.17. The van der Waals surface area contributed by atoms with E-state index in [0.29, 0.717) is 0 Å². The average Bonchev–Trinajstić information content (AvgIpc) is 2.45. The van der Waals surface area contributed by atoms with Crippen LogP contribution in [0.15, 0.2) is 24.3 Å². The standard InChI is InChI=1S/C6H5N.H2O3S/c1-2-6-4-3-5(1)7-6;1-4(2)3/h1-4,7H;4H,(H,1,2,3). The molecule has 2 bridgehead atoms. The summed E-state index contributed by atoms with van der Waals surface area (Å²) < 4.78 is 24.2. The van der Waals surface area contributed by atoms with Crippen molar-refractivity contribution in [3.05, 3.63) is 24.3 Å². The highest BCUT2D eigenvalue weighted by Crippen LogP contribution is 2.07. The molecule has 2 N–H and O–H groups in total. The molecular weight excluding hydrogens is 166 g/mol. The molecule has 0 radical (unpaired) electrons. The lowest BCUT2D eigenvalue weighted by atomic mass is 10.4. The molecule has 0 aliphatic carbocycles. The van der Waals surface area contributed by atoms with Crippen LogP contribution in [0.2, 0.25) is 0 Å². The van der Waals surface area contributed by atoms with E-state index in [9.17, 15) is 0 Å². The third-order valence-electron chi connectivity index (χ3n) is 1.17. The quantitative estimate of drug-likeness (QED) is 0.405. The summed E-state index contributed by atoms with van der Waals surface area (Å²) in [5, 5.41) is 0. The number of thiol groups is 1. The Bertz CT molecular complexity index is 326. The zero-order chi connectivity index (χ0) is 8.27. The maximum Gasteiger partial charge on any atom is 0.254 e. The van der Waals surface area contributed by atoms with E-state index < -0.39 is 11.0 Å². The minimum absolute atomic E-state index is 1.22. The maximum atomic E-state index is 8.59. The van der Waals surface area contributed by atoms with Gasteiger partial charge in [-0.15, -0.1) is 0 Å². The molecule has 0 saturated heterocycles. The van der Waals surface area contributed by atoms with Gasteiger partial charge in [-0.25, -0.2) is 8.42 Å². The molecule has 0 aromatic carbocycles. The predicted octanol–water partition coefficient (Wildman–Crippen LogP) is 0.677. The normalized spacial score (nSPS) is 10.0. The first-order valence-electron chi connectivity index (χ1n) is 2.89. The number of hydrogen-bond acceptors (Lipinski definition) is 2. The van der Waals surface area contributed by atoms with Crippen LogP contribution in [0, 0.1) is 0 Å². The lowest BCUT2D eigenvalue weighted by Crippen LogP contribution is -1.58. The second kappa shape index (κ2) is 3.36. The molecule has 60 valence electrons. The molecule has 0 fully saturated rings. The van der Waals surface area contributed by atoms with Crippen LogP contribution in [-0.2, 0) is 11.0 Å². The molecule has 2 heterocycles. The first-order chi connectivity index (χ1) is 5.18. The van der Waals surface area contributed by atoms with Gasteiger partial charge in [-0.1, -0.05) is 0 Å². The van der Waals surface area contributed by atoms with Crippen LogP contribution in [-0.4, -0.2) is 18.0 Å². The SMILES string of the molecule is O=[SH](=O)O.c1cc2ccc1[nH]2. The Kier molecular flexibility index (Phi) is 2.45. The summed E-state index contributed by atoms with van der Waals surface area (Å²) in [4.78, 5) is 3.14. The molecule has 0 saturated carbocycles. The summed E-state index contributed by atoms with van der Waals surface area (Å²) in [6, 6.07) is 8.26. The largest absolute Gasteiger partial charge is 0.356 e. The van der Waals surface area contributed by atoms with Gasteiger partial charge in [0.1, 0.15) is 0 Å². The molecule has 11 heavy (non-hydrogen) atoms. The maximum absolute atomic E-state index is 8.59. The molecule has 2 aromatic rings. The van der Waals surface area contributed by atoms with Crippen LogP contribution in [0.25, 0.3) is 11.0 Å². The lowest BCUT2D eigenvalue weighted by Gasteiger charge is -1.64. The first kappa shape index (κ1) is 8.03. The fourth-order valence-electron chi connectivity index (χ4n) is 0.804. The molecule has 0 unspecified atom stereocenters. The van der Waals surface area contributed by atoms with Crippen molar-refractivity contribution in [1.29, 1.82) is 0 Å². The van der Waals surface area contributed by atoms with Crippen molar-refractivity contribution in [2.75, 3.05) is 0 Å². The van der Waals surface area contributed by atoms with Gasteiger partial charge in [0.25, 0.3) is 11.0 Å². The zero-order valence-corrected chi connectivity index (χ0v) is 6.41. The van der Waals surface area contributed by atoms with E-state index >= 15 is 0 Å². The van der Waals surface area contributed by atoms with Crippen LogP contribution in [0.1, 0.15) is 0 Å². The van der Waals surface area contributed by atoms with E-state index in [1.165, 1.54) is 11.0 Å². The number of aromatic nitrogens is 1. The lowest BCUT2D eigenvalue weighted by molar-refractivity contribution is 0.509. The van der Waals surface area contributed by atoms with Crippen molar-refractivity contribution in [1.82, 2.24) is 4.98 Å². The number of rotatable bonds is 0. The average molecular weight is 173 g/mol. The monoisotopic (exact) mass is 173 g/mol. The van der Waals surface area contributed by atoms with Crippen LogP contribution in [0.3, 0.4) is 0 Å². The number of hydrogen-bond donors (Lipinski definition) is 3. The van der Waals surface area contributed by atoms with E-state index in [0.717, 1.165) is 0 Å². The summed E-state index contributed by atoms with van der Waals surface area (Å²) in [7, 11) is -3.12. The predicted molar refractivity (Wildman–Crippen MR) is 42.4 cm³/mol. The molecule has 0 aliphatic rings. The van der Waals surface area contributed by atoms with E-state index in [4.69, 9.17) is 13.0 Å². The van der Waals surface area contributed by atoms with Gasteiger partial charge < -0.3 is 4.98 Å². The number of aromatic amines is 1. The number of fused-ring (bicyclic) bond motifs is 2. The number of benzene rings is 1. The Balaban J connectivity index is 0.000000134. The Morgan fingerprint density at radius 1 is 1.09 bits per heavy atom. The van der Waals surface area contributed by atoms with Gasteiger partial charge in [0.2, 0.25) is 0 Å². The second-order valence-electron chi connectivity index (χ2n) is 1.94. The van der Waals surface area contributed by atoms with Gasteiger partial charge in [0.05, 0.1) is 0 Å². The molecule has 2 rings (SSSR count). The summed E-state index contributed by atoms with van der Waals surface area (Å²) in [5.41, 5.74) is 2.44. The molecule has 0 aliphatic heterocycles. The Morgan fingerprint density at radius 2 is 1.36 bits per heavy atom. The minimum Gasteiger partial charge on any atom is -0.356 e. The molecule has 0 spiro atoms. The zero-order valence-electron chi connectivity index (χ0n) is 5.52. The molecule has 4 nitrogen and oxygen atoms in total. The Hall–Kier alpha value is -1.07. The summed E-state index contributed by atoms with van der Waals surface area (Å²) >= 11 is 0. The highest BCUT2D eigenvalue weighted by atomic mass is 32.2. The summed E-state index contributed by atoms with van der Waals surface area (Å²) in [5.74, 6) is 0. The van der Waals surface area contributed by atoms with Gasteiger partial charge >= 0.3 is 0 Å². The fourth-order valence-corrected chi connectivity index (χ4v) is 0.804. The van der Waals surface area contributed by atoms with Crippen molar-refractivity contribution in [3.63, 3.8) is 0 Å². The molecule has 0 atom stereocenters. The fraction of sp³-hybridized carbons (Fsp3) is 0. The van der Waals surface area contributed by atoms with Gasteiger partial charge in [-0.3, -0.25) is 4.55 Å². The van der Waals surface area contributed by atoms with E-state index in [2.05, 4.69) is 29.2 Å². The van der Waals surface area contributed by atoms with Gasteiger partial charge in [-0.2, -0.15) is 0 Å². The van der Waals surface area contributed by atoms with Crippen molar-refractivity contribution in [2.45, 2.75) is 0 Å². The highest BCUT2D eigenvalue weighted by Gasteiger charge is 1.87. The van der Waals surface area contributed by atoms with Crippen molar-refractivity contribution < 1.29 is 13.0 Å². The van der Waals surface area contributed by atoms with Crippen molar-refractivity contribution >= 4 is 22.0 Å². The molecule has 2 aromatic heterocycles. The van der Waals surface area contributed by atoms with Crippen molar-refractivity contribution in [3.8, 4) is 0 Å². The topological polar surface area (TPSA) is 70.2 Å². The van der Waals surface area contributed by atoms with Gasteiger partial charge in [0, 0.05) is 11.0 Å². The number of nitrogens with one attached hydrogen (secondary N) is 1. The van der Waals surface area contributed by atoms with Crippen LogP contribution in [0.4, 0.5) is 0 Å².